The average molecular weight is 466 g/mol. The number of rotatable bonds is 6. The lowest BCUT2D eigenvalue weighted by molar-refractivity contribution is -0.0775. The Morgan fingerprint density at radius 2 is 2.12 bits per heavy atom. The van der Waals surface area contributed by atoms with Crippen LogP contribution in [0, 0.1) is 11.7 Å². The highest BCUT2D eigenvalue weighted by molar-refractivity contribution is 6.38. The molecular formula is C24H29B2FN2O5. The number of hydrogen-bond acceptors (Lipinski definition) is 6. The molecule has 0 N–H and O–H groups in total. The highest BCUT2D eigenvalue weighted by Crippen LogP contribution is 2.47. The molecule has 178 valence electrons. The van der Waals surface area contributed by atoms with Crippen LogP contribution < -0.4 is 9.47 Å². The van der Waals surface area contributed by atoms with Gasteiger partial charge < -0.3 is 23.8 Å². The first-order valence-electron chi connectivity index (χ1n) is 11.9. The number of carbonyl (C=O) groups is 1. The molecule has 3 aliphatic rings. The predicted octanol–water partition coefficient (Wildman–Crippen LogP) is 1.44. The maximum atomic E-state index is 14.0. The van der Waals surface area contributed by atoms with E-state index in [-0.39, 0.29) is 17.4 Å². The van der Waals surface area contributed by atoms with E-state index in [2.05, 4.69) is 4.98 Å². The summed E-state index contributed by atoms with van der Waals surface area (Å²) in [7, 11) is 5.20. The SMILES string of the molecule is BC1(B)OC2CN(C(=O)c3ccc(OCC4CCC4)c(OC)n3)CC[C@]2(c2cccc(F)c2)O1. The minimum atomic E-state index is -0.850. The summed E-state index contributed by atoms with van der Waals surface area (Å²) < 4.78 is 37.9. The van der Waals surface area contributed by atoms with Crippen molar-refractivity contribution in [1.82, 2.24) is 9.88 Å². The van der Waals surface area contributed by atoms with E-state index in [1.54, 1.807) is 23.1 Å². The molecule has 0 bridgehead atoms. The van der Waals surface area contributed by atoms with Crippen molar-refractivity contribution in [2.75, 3.05) is 26.8 Å². The Kier molecular flexibility index (Phi) is 6.06. The molecule has 0 spiro atoms. The molecule has 2 aromatic rings. The van der Waals surface area contributed by atoms with Gasteiger partial charge in [0, 0.05) is 13.0 Å². The highest BCUT2D eigenvalue weighted by atomic mass is 19.1. The molecule has 5 rings (SSSR count). The van der Waals surface area contributed by atoms with Crippen molar-refractivity contribution >= 4 is 21.6 Å². The van der Waals surface area contributed by atoms with Crippen LogP contribution in [-0.2, 0) is 15.1 Å². The van der Waals surface area contributed by atoms with E-state index in [0.717, 1.165) is 5.56 Å². The third-order valence-corrected chi connectivity index (χ3v) is 7.05. The minimum absolute atomic E-state index is 0.218. The van der Waals surface area contributed by atoms with E-state index < -0.39 is 17.3 Å². The summed E-state index contributed by atoms with van der Waals surface area (Å²) in [6, 6.07) is 9.85. The first kappa shape index (κ1) is 23.2. The lowest BCUT2D eigenvalue weighted by Gasteiger charge is -2.42. The molecule has 1 aromatic carbocycles. The zero-order valence-corrected chi connectivity index (χ0v) is 19.9. The van der Waals surface area contributed by atoms with Gasteiger partial charge in [-0.05, 0) is 48.6 Å². The van der Waals surface area contributed by atoms with Crippen molar-refractivity contribution in [1.29, 1.82) is 0 Å². The summed E-state index contributed by atoms with van der Waals surface area (Å²) in [5.41, 5.74) is -0.656. The zero-order chi connectivity index (χ0) is 23.9. The van der Waals surface area contributed by atoms with Gasteiger partial charge in [0.25, 0.3) is 11.8 Å². The maximum Gasteiger partial charge on any atom is 0.272 e. The molecule has 3 heterocycles. The second-order valence-electron chi connectivity index (χ2n) is 9.82. The number of fused-ring (bicyclic) bond motifs is 1. The van der Waals surface area contributed by atoms with Gasteiger partial charge in [0.05, 0.1) is 25.8 Å². The molecule has 1 unspecified atom stereocenters. The number of likely N-dealkylation sites (tertiary alicyclic amines) is 1. The van der Waals surface area contributed by atoms with Crippen molar-refractivity contribution in [3.63, 3.8) is 0 Å². The number of halogens is 1. The summed E-state index contributed by atoms with van der Waals surface area (Å²) >= 11 is 0. The van der Waals surface area contributed by atoms with Crippen LogP contribution in [0.3, 0.4) is 0 Å². The normalized spacial score (nSPS) is 25.9. The first-order chi connectivity index (χ1) is 16.3. The monoisotopic (exact) mass is 466 g/mol. The number of ether oxygens (including phenoxy) is 4. The van der Waals surface area contributed by atoms with Crippen molar-refractivity contribution in [2.24, 2.45) is 5.92 Å². The molecule has 1 aliphatic carbocycles. The Balaban J connectivity index is 1.34. The zero-order valence-electron chi connectivity index (χ0n) is 19.9. The molecule has 3 fully saturated rings. The molecule has 0 radical (unpaired) electrons. The van der Waals surface area contributed by atoms with Crippen LogP contribution >= 0.6 is 0 Å². The summed E-state index contributed by atoms with van der Waals surface area (Å²) in [6.45, 7) is 1.37. The number of nitrogens with zero attached hydrogens (tertiary/aromatic N) is 2. The smallest absolute Gasteiger partial charge is 0.272 e. The number of methoxy groups -OCH3 is 1. The molecule has 2 atom stereocenters. The van der Waals surface area contributed by atoms with Gasteiger partial charge in [-0.3, -0.25) is 4.79 Å². The number of carbonyl (C=O) groups excluding carboxylic acids is 1. The topological polar surface area (TPSA) is 70.1 Å². The molecule has 1 aromatic heterocycles. The van der Waals surface area contributed by atoms with E-state index in [0.29, 0.717) is 43.7 Å². The molecule has 7 nitrogen and oxygen atoms in total. The summed E-state index contributed by atoms with van der Waals surface area (Å²) in [5.74, 6) is 0.885. The molecule has 10 heteroatoms. The number of piperidine rings is 1. The van der Waals surface area contributed by atoms with Crippen LogP contribution in [0.2, 0.25) is 0 Å². The number of amides is 1. The van der Waals surface area contributed by atoms with Gasteiger partial charge in [0.15, 0.2) is 21.4 Å². The van der Waals surface area contributed by atoms with Crippen LogP contribution in [0.5, 0.6) is 11.6 Å². The second-order valence-corrected chi connectivity index (χ2v) is 9.82. The number of aromatic nitrogens is 1. The first-order valence-corrected chi connectivity index (χ1v) is 11.9. The fourth-order valence-corrected chi connectivity index (χ4v) is 5.11. The van der Waals surface area contributed by atoms with Crippen LogP contribution in [0.1, 0.15) is 41.7 Å². The van der Waals surface area contributed by atoms with Crippen LogP contribution in [0.4, 0.5) is 4.39 Å². The van der Waals surface area contributed by atoms with Gasteiger partial charge in [0.1, 0.15) is 23.2 Å². The standard InChI is InChI=1S/C24H29B2FN2O5/c1-31-21-19(32-14-15-4-2-5-15)9-8-18(28-21)22(30)29-11-10-23(16-6-3-7-17(27)12-16)20(13-29)33-24(25,26)34-23/h3,6-9,12,15,20H,2,4-5,10-11,13-14,25-26H2,1H3/t20?,23-/m1/s1. The molecule has 2 saturated heterocycles. The Morgan fingerprint density at radius 3 is 2.82 bits per heavy atom. The van der Waals surface area contributed by atoms with E-state index in [9.17, 15) is 9.18 Å². The lowest BCUT2D eigenvalue weighted by Crippen LogP contribution is -2.53. The molecule has 1 amide bonds. The van der Waals surface area contributed by atoms with E-state index >= 15 is 0 Å². The summed E-state index contributed by atoms with van der Waals surface area (Å²) in [5, 5.41) is 0. The minimum Gasteiger partial charge on any atom is -0.488 e. The molecule has 1 saturated carbocycles. The number of pyridine rings is 1. The number of benzene rings is 1. The molecule has 34 heavy (non-hydrogen) atoms. The maximum absolute atomic E-state index is 14.0. The second kappa shape index (κ2) is 8.89. The lowest BCUT2D eigenvalue weighted by atomic mass is 9.76. The van der Waals surface area contributed by atoms with Crippen molar-refractivity contribution in [3.8, 4) is 11.6 Å². The van der Waals surface area contributed by atoms with Crippen molar-refractivity contribution < 1.29 is 28.1 Å². The Hall–Kier alpha value is -2.58. The quantitative estimate of drug-likeness (QED) is 0.601. The van der Waals surface area contributed by atoms with E-state index in [4.69, 9.17) is 18.9 Å². The fraction of sp³-hybridized carbons (Fsp3) is 0.500. The Morgan fingerprint density at radius 1 is 1.29 bits per heavy atom. The van der Waals surface area contributed by atoms with Gasteiger partial charge >= 0.3 is 0 Å². The van der Waals surface area contributed by atoms with Crippen molar-refractivity contribution in [2.45, 2.75) is 43.0 Å². The predicted molar refractivity (Wildman–Crippen MR) is 128 cm³/mol. The van der Waals surface area contributed by atoms with Gasteiger partial charge in [-0.1, -0.05) is 18.6 Å². The van der Waals surface area contributed by atoms with Crippen molar-refractivity contribution in [3.05, 3.63) is 53.5 Å². The fourth-order valence-electron chi connectivity index (χ4n) is 5.11. The van der Waals surface area contributed by atoms with Gasteiger partial charge in [-0.2, -0.15) is 0 Å². The highest BCUT2D eigenvalue weighted by Gasteiger charge is 2.56. The van der Waals surface area contributed by atoms with E-state index in [1.807, 2.05) is 21.8 Å². The molecule has 2 aliphatic heterocycles. The van der Waals surface area contributed by atoms with Crippen LogP contribution in [-0.4, -0.2) is 70.0 Å². The van der Waals surface area contributed by atoms with Gasteiger partial charge in [-0.15, -0.1) is 0 Å². The third kappa shape index (κ3) is 4.29. The summed E-state index contributed by atoms with van der Waals surface area (Å²) in [4.78, 5) is 19.5. The van der Waals surface area contributed by atoms with Crippen LogP contribution in [0.25, 0.3) is 0 Å². The average Bonchev–Trinajstić information content (AvgIpc) is 3.08. The summed E-state index contributed by atoms with van der Waals surface area (Å²) in [6.07, 6.45) is 3.66. The number of hydrogen-bond donors (Lipinski definition) is 0. The largest absolute Gasteiger partial charge is 0.488 e. The van der Waals surface area contributed by atoms with E-state index in [1.165, 1.54) is 38.5 Å². The molecular weight excluding hydrogens is 437 g/mol. The van der Waals surface area contributed by atoms with Crippen LogP contribution in [0.15, 0.2) is 36.4 Å². The Labute approximate surface area is 200 Å². The third-order valence-electron chi connectivity index (χ3n) is 7.05. The van der Waals surface area contributed by atoms with Gasteiger partial charge in [-0.25, -0.2) is 9.37 Å². The Bertz CT molecular complexity index is 1080. The van der Waals surface area contributed by atoms with Gasteiger partial charge in [0.2, 0.25) is 0 Å².